The molecule has 0 radical (unpaired) electrons. The van der Waals surface area contributed by atoms with E-state index in [1.807, 2.05) is 42.5 Å². The number of benzene rings is 2. The highest BCUT2D eigenvalue weighted by Crippen LogP contribution is 2.27. The molecule has 1 aromatic heterocycles. The third-order valence-corrected chi connectivity index (χ3v) is 3.97. The van der Waals surface area contributed by atoms with Crippen molar-refractivity contribution in [2.75, 3.05) is 14.2 Å². The van der Waals surface area contributed by atoms with Crippen LogP contribution in [-0.4, -0.2) is 41.2 Å². The summed E-state index contributed by atoms with van der Waals surface area (Å²) < 4.78 is 16.3. The van der Waals surface area contributed by atoms with Gasteiger partial charge in [0.15, 0.2) is 17.6 Å². The van der Waals surface area contributed by atoms with Gasteiger partial charge in [0.25, 0.3) is 5.91 Å². The van der Waals surface area contributed by atoms with Crippen LogP contribution in [0, 0.1) is 0 Å². The molecule has 0 saturated carbocycles. The van der Waals surface area contributed by atoms with E-state index in [9.17, 15) is 4.79 Å². The summed E-state index contributed by atoms with van der Waals surface area (Å²) in [6, 6.07) is 16.7. The molecular weight excluding hydrogens is 346 g/mol. The van der Waals surface area contributed by atoms with Crippen LogP contribution in [0.1, 0.15) is 12.8 Å². The summed E-state index contributed by atoms with van der Waals surface area (Å²) in [6.07, 6.45) is -0.692. The van der Waals surface area contributed by atoms with Crippen LogP contribution in [0.15, 0.2) is 59.1 Å². The summed E-state index contributed by atoms with van der Waals surface area (Å²) in [4.78, 5) is 18.4. The summed E-state index contributed by atoms with van der Waals surface area (Å²) in [5, 5.41) is 3.96. The zero-order valence-corrected chi connectivity index (χ0v) is 15.5. The zero-order valence-electron chi connectivity index (χ0n) is 15.5. The maximum Gasteiger partial charge on any atom is 0.263 e. The van der Waals surface area contributed by atoms with Crippen LogP contribution in [0.3, 0.4) is 0 Å². The van der Waals surface area contributed by atoms with Crippen LogP contribution in [0.2, 0.25) is 0 Å². The molecule has 3 rings (SSSR count). The van der Waals surface area contributed by atoms with Gasteiger partial charge in [0.1, 0.15) is 0 Å². The number of aromatic nitrogens is 2. The highest BCUT2D eigenvalue weighted by atomic mass is 16.5. The number of para-hydroxylation sites is 2. The van der Waals surface area contributed by atoms with Crippen molar-refractivity contribution in [2.45, 2.75) is 19.6 Å². The third-order valence-electron chi connectivity index (χ3n) is 3.97. The molecule has 0 bridgehead atoms. The van der Waals surface area contributed by atoms with Crippen molar-refractivity contribution in [2.24, 2.45) is 0 Å². The fraction of sp³-hybridized carbons (Fsp3) is 0.250. The monoisotopic (exact) mass is 367 g/mol. The lowest BCUT2D eigenvalue weighted by atomic mass is 10.2. The Morgan fingerprint density at radius 3 is 2.48 bits per heavy atom. The van der Waals surface area contributed by atoms with Crippen molar-refractivity contribution in [3.63, 3.8) is 0 Å². The van der Waals surface area contributed by atoms with E-state index in [2.05, 4.69) is 10.1 Å². The molecule has 7 nitrogen and oxygen atoms in total. The molecular formula is C20H21N3O4. The zero-order chi connectivity index (χ0) is 19.2. The Bertz CT molecular complexity index is 895. The Balaban J connectivity index is 1.63. The van der Waals surface area contributed by atoms with Gasteiger partial charge in [-0.05, 0) is 19.1 Å². The number of hydrogen-bond acceptors (Lipinski definition) is 6. The maximum absolute atomic E-state index is 12.6. The van der Waals surface area contributed by atoms with Crippen LogP contribution in [0.25, 0.3) is 11.4 Å². The minimum Gasteiger partial charge on any atom is -0.493 e. The van der Waals surface area contributed by atoms with Crippen molar-refractivity contribution in [1.29, 1.82) is 0 Å². The van der Waals surface area contributed by atoms with Gasteiger partial charge in [-0.2, -0.15) is 4.98 Å². The minimum atomic E-state index is -0.692. The smallest absolute Gasteiger partial charge is 0.263 e. The number of likely N-dealkylation sites (N-methyl/N-ethyl adjacent to an activating group) is 1. The second-order valence-electron chi connectivity index (χ2n) is 5.98. The average Bonchev–Trinajstić information content (AvgIpc) is 3.17. The van der Waals surface area contributed by atoms with E-state index in [0.717, 1.165) is 5.56 Å². The molecule has 0 fully saturated rings. The highest BCUT2D eigenvalue weighted by molar-refractivity contribution is 5.80. The van der Waals surface area contributed by atoms with Gasteiger partial charge in [0.2, 0.25) is 11.7 Å². The molecule has 1 amide bonds. The second kappa shape index (κ2) is 8.35. The molecule has 0 unspecified atom stereocenters. The van der Waals surface area contributed by atoms with Gasteiger partial charge in [-0.15, -0.1) is 0 Å². The normalized spacial score (nSPS) is 11.7. The molecule has 1 atom stereocenters. The summed E-state index contributed by atoms with van der Waals surface area (Å²) in [5.74, 6) is 1.72. The molecule has 0 aliphatic carbocycles. The SMILES string of the molecule is COc1ccccc1O[C@H](C)C(=O)N(C)Cc1nc(-c2ccccc2)no1. The van der Waals surface area contributed by atoms with E-state index in [4.69, 9.17) is 14.0 Å². The Hall–Kier alpha value is -3.35. The third kappa shape index (κ3) is 4.44. The molecule has 140 valence electrons. The summed E-state index contributed by atoms with van der Waals surface area (Å²) in [7, 11) is 3.22. The van der Waals surface area contributed by atoms with Crippen LogP contribution in [0.5, 0.6) is 11.5 Å². The lowest BCUT2D eigenvalue weighted by Gasteiger charge is -2.21. The first-order chi connectivity index (χ1) is 13.1. The molecule has 0 aliphatic heterocycles. The molecule has 2 aromatic carbocycles. The average molecular weight is 367 g/mol. The number of ether oxygens (including phenoxy) is 2. The standard InChI is InChI=1S/C20H21N3O4/c1-14(26-17-12-8-7-11-16(17)25-3)20(24)23(2)13-18-21-19(22-27-18)15-9-5-4-6-10-15/h4-12,14H,13H2,1-3H3/t14-/m1/s1. The largest absolute Gasteiger partial charge is 0.493 e. The Morgan fingerprint density at radius 2 is 1.78 bits per heavy atom. The number of rotatable bonds is 7. The van der Waals surface area contributed by atoms with Crippen LogP contribution < -0.4 is 9.47 Å². The van der Waals surface area contributed by atoms with Crippen molar-refractivity contribution in [1.82, 2.24) is 15.0 Å². The van der Waals surface area contributed by atoms with Crippen molar-refractivity contribution in [3.05, 3.63) is 60.5 Å². The van der Waals surface area contributed by atoms with E-state index in [1.54, 1.807) is 33.2 Å². The Kier molecular flexibility index (Phi) is 5.71. The quantitative estimate of drug-likeness (QED) is 0.638. The number of amides is 1. The number of hydrogen-bond donors (Lipinski definition) is 0. The fourth-order valence-electron chi connectivity index (χ4n) is 2.57. The van der Waals surface area contributed by atoms with E-state index < -0.39 is 6.10 Å². The van der Waals surface area contributed by atoms with Gasteiger partial charge in [-0.3, -0.25) is 4.79 Å². The first-order valence-electron chi connectivity index (χ1n) is 8.51. The molecule has 7 heteroatoms. The molecule has 27 heavy (non-hydrogen) atoms. The van der Waals surface area contributed by atoms with Gasteiger partial charge in [-0.1, -0.05) is 47.6 Å². The molecule has 0 spiro atoms. The van der Waals surface area contributed by atoms with Crippen molar-refractivity contribution < 1.29 is 18.8 Å². The van der Waals surface area contributed by atoms with Gasteiger partial charge >= 0.3 is 0 Å². The first-order valence-corrected chi connectivity index (χ1v) is 8.51. The Labute approximate surface area is 157 Å². The van der Waals surface area contributed by atoms with Gasteiger partial charge in [-0.25, -0.2) is 0 Å². The van der Waals surface area contributed by atoms with E-state index in [0.29, 0.717) is 23.2 Å². The fourth-order valence-corrected chi connectivity index (χ4v) is 2.57. The minimum absolute atomic E-state index is 0.193. The van der Waals surface area contributed by atoms with Crippen LogP contribution in [0.4, 0.5) is 0 Å². The molecule has 0 aliphatic rings. The van der Waals surface area contributed by atoms with E-state index >= 15 is 0 Å². The van der Waals surface area contributed by atoms with Crippen LogP contribution >= 0.6 is 0 Å². The molecule has 0 N–H and O–H groups in total. The van der Waals surface area contributed by atoms with E-state index in [1.165, 1.54) is 4.90 Å². The van der Waals surface area contributed by atoms with Crippen LogP contribution in [-0.2, 0) is 11.3 Å². The van der Waals surface area contributed by atoms with Gasteiger partial charge < -0.3 is 18.9 Å². The highest BCUT2D eigenvalue weighted by Gasteiger charge is 2.22. The second-order valence-corrected chi connectivity index (χ2v) is 5.98. The predicted molar refractivity (Wildman–Crippen MR) is 99.3 cm³/mol. The lowest BCUT2D eigenvalue weighted by molar-refractivity contribution is -0.137. The topological polar surface area (TPSA) is 77.7 Å². The first kappa shape index (κ1) is 18.4. The number of carbonyl (C=O) groups is 1. The van der Waals surface area contributed by atoms with Gasteiger partial charge in [0.05, 0.1) is 13.7 Å². The number of nitrogens with zero attached hydrogens (tertiary/aromatic N) is 3. The maximum atomic E-state index is 12.6. The molecule has 1 heterocycles. The van der Waals surface area contributed by atoms with Crippen molar-refractivity contribution >= 4 is 5.91 Å². The number of methoxy groups -OCH3 is 1. The van der Waals surface area contributed by atoms with Gasteiger partial charge in [0, 0.05) is 12.6 Å². The molecule has 3 aromatic rings. The lowest BCUT2D eigenvalue weighted by Crippen LogP contribution is -2.37. The summed E-state index contributed by atoms with van der Waals surface area (Å²) >= 11 is 0. The summed E-state index contributed by atoms with van der Waals surface area (Å²) in [5.41, 5.74) is 0.856. The predicted octanol–water partition coefficient (Wildman–Crippen LogP) is 3.17. The van der Waals surface area contributed by atoms with Crippen molar-refractivity contribution in [3.8, 4) is 22.9 Å². The number of carbonyl (C=O) groups excluding carboxylic acids is 1. The van der Waals surface area contributed by atoms with E-state index in [-0.39, 0.29) is 12.5 Å². The molecule has 0 saturated heterocycles. The Morgan fingerprint density at radius 1 is 1.11 bits per heavy atom. The summed E-state index contributed by atoms with van der Waals surface area (Å²) in [6.45, 7) is 1.88.